The van der Waals surface area contributed by atoms with Crippen LogP contribution in [0.2, 0.25) is 0 Å². The number of pyridine rings is 4. The van der Waals surface area contributed by atoms with Crippen LogP contribution < -0.4 is 10.9 Å². The smallest absolute Gasteiger partial charge is 0.741 e. The van der Waals surface area contributed by atoms with E-state index in [4.69, 9.17) is 25.3 Å². The number of amidine groups is 2. The Labute approximate surface area is 261 Å². The molecule has 0 spiro atoms. The topological polar surface area (TPSA) is 125 Å². The van der Waals surface area contributed by atoms with Crippen LogP contribution in [0.15, 0.2) is 118 Å². The molecule has 0 aliphatic carbocycles. The molecule has 1 radical (unpaired) electrons. The second-order valence-corrected chi connectivity index (χ2v) is 8.34. The van der Waals surface area contributed by atoms with Crippen LogP contribution in [0.5, 0.6) is 0 Å². The molecular formula is C28H28CuN10S2. The van der Waals surface area contributed by atoms with Gasteiger partial charge in [-0.3, -0.25) is 40.8 Å². The average Bonchev–Trinajstić information content (AvgIpc) is 3.00. The fourth-order valence-electron chi connectivity index (χ4n) is 3.07. The summed E-state index contributed by atoms with van der Waals surface area (Å²) in [6.07, 6.45) is 6.84. The van der Waals surface area contributed by atoms with Crippen molar-refractivity contribution in [1.29, 1.82) is 0 Å². The minimum Gasteiger partial charge on any atom is -0.741 e. The predicted octanol–water partition coefficient (Wildman–Crippen LogP) is 3.48. The van der Waals surface area contributed by atoms with Gasteiger partial charge in [0.1, 0.15) is 11.4 Å². The standard InChI is InChI=1S/2C14H15N5S.Cu/c2*1-2-15-14(20)19-18-13(11-7-3-5-9-16-11)12-8-4-6-10-17-12;/h2*3-10H,2H2,1H3,(H2,15,19,20);/q;;+2/p-2. The van der Waals surface area contributed by atoms with E-state index in [-0.39, 0.29) is 17.1 Å². The molecular weight excluding hydrogens is 604 g/mol. The number of hydrogen-bond acceptors (Lipinski definition) is 10. The van der Waals surface area contributed by atoms with Gasteiger partial charge in [-0.15, -0.1) is 0 Å². The second kappa shape index (κ2) is 19.0. The molecule has 0 saturated carbocycles. The van der Waals surface area contributed by atoms with Gasteiger partial charge in [-0.1, -0.05) is 24.3 Å². The second-order valence-electron chi connectivity index (χ2n) is 7.56. The van der Waals surface area contributed by atoms with Crippen molar-refractivity contribution in [2.75, 3.05) is 13.1 Å². The molecule has 0 amide bonds. The fraction of sp³-hybridized carbons (Fsp3) is 0.143. The third-order valence-electron chi connectivity index (χ3n) is 4.76. The Hall–Kier alpha value is -4.16. The molecule has 0 saturated heterocycles. The van der Waals surface area contributed by atoms with Gasteiger partial charge in [-0.2, -0.15) is 10.2 Å². The minimum absolute atomic E-state index is 0. The maximum Gasteiger partial charge on any atom is 2.00 e. The van der Waals surface area contributed by atoms with Crippen molar-refractivity contribution >= 4 is 47.0 Å². The number of aromatic nitrogens is 4. The van der Waals surface area contributed by atoms with E-state index in [1.54, 1.807) is 24.8 Å². The minimum atomic E-state index is 0. The van der Waals surface area contributed by atoms with E-state index in [1.807, 2.05) is 86.6 Å². The van der Waals surface area contributed by atoms with E-state index in [2.05, 4.69) is 51.0 Å². The molecule has 0 atom stereocenters. The Balaban J connectivity index is 0.000000280. The molecule has 0 unspecified atom stereocenters. The molecule has 4 heterocycles. The van der Waals surface area contributed by atoms with Crippen molar-refractivity contribution in [3.8, 4) is 0 Å². The quantitative estimate of drug-likeness (QED) is 0.0996. The third kappa shape index (κ3) is 11.5. The number of aliphatic imine (C=N–C) groups is 2. The van der Waals surface area contributed by atoms with Crippen molar-refractivity contribution in [3.05, 3.63) is 120 Å². The Morgan fingerprint density at radius 1 is 0.561 bits per heavy atom. The number of hydrazone groups is 2. The summed E-state index contributed by atoms with van der Waals surface area (Å²) in [6, 6.07) is 22.5. The third-order valence-corrected chi connectivity index (χ3v) is 5.20. The van der Waals surface area contributed by atoms with Crippen molar-refractivity contribution < 1.29 is 17.1 Å². The summed E-state index contributed by atoms with van der Waals surface area (Å²) in [5, 5.41) is 9.27. The average molecular weight is 632 g/mol. The van der Waals surface area contributed by atoms with Gasteiger partial charge in [-0.25, -0.2) is 0 Å². The fourth-order valence-corrected chi connectivity index (χ4v) is 3.42. The summed E-state index contributed by atoms with van der Waals surface area (Å²) in [7, 11) is 0. The SMILES string of the molecule is CCN=C([S-])NN=C(c1ccccn1)c1ccccn1.CCN=C([S-])NN=C(c1ccccn1)c1ccccn1.[Cu+2]. The van der Waals surface area contributed by atoms with Crippen LogP contribution in [-0.4, -0.2) is 54.8 Å². The van der Waals surface area contributed by atoms with Gasteiger partial charge in [0.2, 0.25) is 0 Å². The summed E-state index contributed by atoms with van der Waals surface area (Å²) >= 11 is 10.1. The summed E-state index contributed by atoms with van der Waals surface area (Å²) in [4.78, 5) is 25.3. The molecule has 10 nitrogen and oxygen atoms in total. The zero-order chi connectivity index (χ0) is 28.4. The summed E-state index contributed by atoms with van der Waals surface area (Å²) < 4.78 is 0. The van der Waals surface area contributed by atoms with E-state index in [0.717, 1.165) is 22.8 Å². The van der Waals surface area contributed by atoms with Crippen LogP contribution in [0.4, 0.5) is 0 Å². The summed E-state index contributed by atoms with van der Waals surface area (Å²) in [6.45, 7) is 5.06. The van der Waals surface area contributed by atoms with E-state index >= 15 is 0 Å². The molecule has 0 fully saturated rings. The molecule has 13 heteroatoms. The van der Waals surface area contributed by atoms with Crippen molar-refractivity contribution in [2.24, 2.45) is 20.2 Å². The van der Waals surface area contributed by atoms with Gasteiger partial charge in [0.15, 0.2) is 0 Å². The number of hydrogen-bond donors (Lipinski definition) is 2. The van der Waals surface area contributed by atoms with Gasteiger partial charge >= 0.3 is 17.1 Å². The Bertz CT molecular complexity index is 1230. The Morgan fingerprint density at radius 2 is 0.854 bits per heavy atom. The van der Waals surface area contributed by atoms with Crippen LogP contribution in [0.1, 0.15) is 36.6 Å². The van der Waals surface area contributed by atoms with Crippen LogP contribution >= 0.6 is 0 Å². The molecule has 0 aliphatic heterocycles. The Kier molecular flexibility index (Phi) is 15.3. The van der Waals surface area contributed by atoms with Gasteiger partial charge < -0.3 is 25.3 Å². The molecule has 4 rings (SSSR count). The van der Waals surface area contributed by atoms with Gasteiger partial charge in [0, 0.05) is 37.9 Å². The van der Waals surface area contributed by atoms with E-state index in [9.17, 15) is 0 Å². The molecule has 41 heavy (non-hydrogen) atoms. The molecule has 4 aromatic heterocycles. The molecule has 0 bridgehead atoms. The van der Waals surface area contributed by atoms with Crippen molar-refractivity contribution in [1.82, 2.24) is 30.8 Å². The molecule has 2 N–H and O–H groups in total. The van der Waals surface area contributed by atoms with Crippen LogP contribution in [-0.2, 0) is 42.3 Å². The molecule has 213 valence electrons. The van der Waals surface area contributed by atoms with Gasteiger partial charge in [0.25, 0.3) is 0 Å². The van der Waals surface area contributed by atoms with E-state index in [0.29, 0.717) is 34.8 Å². The number of rotatable bonds is 8. The summed E-state index contributed by atoms with van der Waals surface area (Å²) in [5.74, 6) is 0. The van der Waals surface area contributed by atoms with Crippen molar-refractivity contribution in [3.63, 3.8) is 0 Å². The van der Waals surface area contributed by atoms with E-state index < -0.39 is 0 Å². The monoisotopic (exact) mass is 631 g/mol. The van der Waals surface area contributed by atoms with Crippen LogP contribution in [0.25, 0.3) is 0 Å². The summed E-state index contributed by atoms with van der Waals surface area (Å²) in [5.41, 5.74) is 9.64. The van der Waals surface area contributed by atoms with Gasteiger partial charge in [0.05, 0.1) is 22.8 Å². The first-order chi connectivity index (χ1) is 19.6. The number of nitrogens with one attached hydrogen (secondary N) is 2. The maximum absolute atomic E-state index is 5.05. The van der Waals surface area contributed by atoms with Gasteiger partial charge in [-0.05, 0) is 72.7 Å². The first-order valence-corrected chi connectivity index (χ1v) is 13.2. The largest absolute Gasteiger partial charge is 2.00 e. The normalized spacial score (nSPS) is 10.7. The first kappa shape index (κ1) is 33.0. The van der Waals surface area contributed by atoms with Crippen LogP contribution in [0.3, 0.4) is 0 Å². The molecule has 0 aliphatic rings. The van der Waals surface area contributed by atoms with Crippen molar-refractivity contribution in [2.45, 2.75) is 13.8 Å². The molecule has 4 aromatic rings. The maximum atomic E-state index is 5.05. The zero-order valence-corrected chi connectivity index (χ0v) is 24.9. The Morgan fingerprint density at radius 3 is 1.07 bits per heavy atom. The number of nitrogens with zero attached hydrogens (tertiary/aromatic N) is 8. The first-order valence-electron chi connectivity index (χ1n) is 12.4. The molecule has 0 aromatic carbocycles. The van der Waals surface area contributed by atoms with Crippen LogP contribution in [0, 0.1) is 0 Å². The zero-order valence-electron chi connectivity index (χ0n) is 22.3. The van der Waals surface area contributed by atoms with E-state index in [1.165, 1.54) is 0 Å². The predicted molar refractivity (Wildman–Crippen MR) is 165 cm³/mol.